The Labute approximate surface area is 123 Å². The van der Waals surface area contributed by atoms with Crippen LogP contribution in [0.4, 0.5) is 0 Å². The van der Waals surface area contributed by atoms with Crippen LogP contribution in [0, 0.1) is 18.8 Å². The Morgan fingerprint density at radius 2 is 2.28 bits per heavy atom. The molecule has 3 atom stereocenters. The van der Waals surface area contributed by atoms with Gasteiger partial charge in [0.25, 0.3) is 0 Å². The van der Waals surface area contributed by atoms with E-state index in [1.807, 2.05) is 11.3 Å². The summed E-state index contributed by atoms with van der Waals surface area (Å²) >= 11 is 5.57. The van der Waals surface area contributed by atoms with E-state index in [0.29, 0.717) is 6.04 Å². The molecule has 1 nitrogen and oxygen atoms in total. The lowest BCUT2D eigenvalue weighted by atomic mass is 9.78. The molecule has 18 heavy (non-hydrogen) atoms. The van der Waals surface area contributed by atoms with Crippen molar-refractivity contribution in [1.29, 1.82) is 0 Å². The van der Waals surface area contributed by atoms with Crippen molar-refractivity contribution in [3.63, 3.8) is 0 Å². The average molecular weight is 330 g/mol. The van der Waals surface area contributed by atoms with E-state index in [1.165, 1.54) is 39.9 Å². The maximum atomic E-state index is 3.72. The number of hydrogen-bond donors (Lipinski definition) is 1. The highest BCUT2D eigenvalue weighted by Gasteiger charge is 2.28. The number of nitrogens with one attached hydrogen (secondary N) is 1. The van der Waals surface area contributed by atoms with Crippen LogP contribution in [0.15, 0.2) is 9.85 Å². The van der Waals surface area contributed by atoms with Crippen LogP contribution in [0.1, 0.15) is 56.0 Å². The molecule has 1 fully saturated rings. The average Bonchev–Trinajstić information content (AvgIpc) is 2.66. The van der Waals surface area contributed by atoms with Crippen molar-refractivity contribution in [2.45, 2.75) is 52.5 Å². The number of hydrogen-bond acceptors (Lipinski definition) is 2. The maximum absolute atomic E-state index is 3.72. The summed E-state index contributed by atoms with van der Waals surface area (Å²) in [5.41, 5.74) is 1.38. The first-order valence-corrected chi connectivity index (χ1v) is 8.72. The predicted molar refractivity (Wildman–Crippen MR) is 84.3 cm³/mol. The van der Waals surface area contributed by atoms with Crippen molar-refractivity contribution in [1.82, 2.24) is 5.32 Å². The summed E-state index contributed by atoms with van der Waals surface area (Å²) in [6.07, 6.45) is 5.59. The molecule has 0 spiro atoms. The molecule has 3 unspecified atom stereocenters. The van der Waals surface area contributed by atoms with Crippen molar-refractivity contribution in [3.8, 4) is 0 Å². The molecule has 1 heterocycles. The first kappa shape index (κ1) is 14.5. The van der Waals surface area contributed by atoms with Crippen LogP contribution >= 0.6 is 27.3 Å². The minimum Gasteiger partial charge on any atom is -0.309 e. The molecule has 1 saturated carbocycles. The SMILES string of the molecule is CCNC(c1cc(C)c(Br)s1)C1CCCC(C)C1. The Hall–Kier alpha value is 0.140. The van der Waals surface area contributed by atoms with Gasteiger partial charge in [-0.1, -0.05) is 26.7 Å². The monoisotopic (exact) mass is 329 g/mol. The summed E-state index contributed by atoms with van der Waals surface area (Å²) in [4.78, 5) is 1.51. The second-order valence-electron chi connectivity index (χ2n) is 5.67. The third-order valence-electron chi connectivity index (χ3n) is 4.06. The second kappa shape index (κ2) is 6.53. The van der Waals surface area contributed by atoms with Gasteiger partial charge in [0.2, 0.25) is 0 Å². The third-order valence-corrected chi connectivity index (χ3v) is 6.27. The summed E-state index contributed by atoms with van der Waals surface area (Å²) < 4.78 is 1.30. The first-order chi connectivity index (χ1) is 8.61. The Balaban J connectivity index is 2.16. The zero-order chi connectivity index (χ0) is 13.1. The zero-order valence-electron chi connectivity index (χ0n) is 11.6. The lowest BCUT2D eigenvalue weighted by molar-refractivity contribution is 0.227. The van der Waals surface area contributed by atoms with Gasteiger partial charge >= 0.3 is 0 Å². The smallest absolute Gasteiger partial charge is 0.0731 e. The van der Waals surface area contributed by atoms with E-state index in [4.69, 9.17) is 0 Å². The van der Waals surface area contributed by atoms with Crippen molar-refractivity contribution in [3.05, 3.63) is 20.3 Å². The molecular weight excluding hydrogens is 306 g/mol. The van der Waals surface area contributed by atoms with Crippen LogP contribution in [0.3, 0.4) is 0 Å². The van der Waals surface area contributed by atoms with E-state index in [-0.39, 0.29) is 0 Å². The molecule has 102 valence electrons. The van der Waals surface area contributed by atoms with E-state index < -0.39 is 0 Å². The molecule has 1 N–H and O–H groups in total. The molecule has 0 saturated heterocycles. The molecular formula is C15H24BrNS. The Morgan fingerprint density at radius 3 is 2.83 bits per heavy atom. The normalized spacial score (nSPS) is 26.2. The lowest BCUT2D eigenvalue weighted by Gasteiger charge is -2.33. The van der Waals surface area contributed by atoms with Gasteiger partial charge in [-0.05, 0) is 65.7 Å². The highest BCUT2D eigenvalue weighted by atomic mass is 79.9. The van der Waals surface area contributed by atoms with Crippen molar-refractivity contribution < 1.29 is 0 Å². The quantitative estimate of drug-likeness (QED) is 0.790. The molecule has 1 aromatic rings. The van der Waals surface area contributed by atoms with Gasteiger partial charge in [0, 0.05) is 10.9 Å². The molecule has 0 aliphatic heterocycles. The van der Waals surface area contributed by atoms with Gasteiger partial charge in [-0.3, -0.25) is 0 Å². The number of rotatable bonds is 4. The van der Waals surface area contributed by atoms with E-state index in [2.05, 4.69) is 48.1 Å². The Morgan fingerprint density at radius 1 is 1.50 bits per heavy atom. The van der Waals surface area contributed by atoms with Gasteiger partial charge in [0.15, 0.2) is 0 Å². The number of halogens is 1. The maximum Gasteiger partial charge on any atom is 0.0731 e. The topological polar surface area (TPSA) is 12.0 Å². The fourth-order valence-corrected chi connectivity index (χ4v) is 4.88. The van der Waals surface area contributed by atoms with Crippen molar-refractivity contribution >= 4 is 27.3 Å². The summed E-state index contributed by atoms with van der Waals surface area (Å²) in [5, 5.41) is 3.72. The summed E-state index contributed by atoms with van der Waals surface area (Å²) in [5.74, 6) is 1.72. The van der Waals surface area contributed by atoms with Crippen LogP contribution in [-0.2, 0) is 0 Å². The number of thiophene rings is 1. The van der Waals surface area contributed by atoms with Crippen LogP contribution in [0.5, 0.6) is 0 Å². The molecule has 1 aliphatic rings. The fraction of sp³-hybridized carbons (Fsp3) is 0.733. The highest BCUT2D eigenvalue weighted by Crippen LogP contribution is 2.41. The molecule has 1 aromatic heterocycles. The van der Waals surface area contributed by atoms with Crippen molar-refractivity contribution in [2.75, 3.05) is 6.54 Å². The fourth-order valence-electron chi connectivity index (χ4n) is 3.14. The van der Waals surface area contributed by atoms with Gasteiger partial charge in [-0.15, -0.1) is 11.3 Å². The van der Waals surface area contributed by atoms with Gasteiger partial charge in [-0.25, -0.2) is 0 Å². The minimum absolute atomic E-state index is 0.563. The van der Waals surface area contributed by atoms with Crippen LogP contribution in [0.2, 0.25) is 0 Å². The summed E-state index contributed by atoms with van der Waals surface area (Å²) in [6, 6.07) is 2.93. The molecule has 0 aromatic carbocycles. The van der Waals surface area contributed by atoms with Gasteiger partial charge in [0.1, 0.15) is 0 Å². The van der Waals surface area contributed by atoms with Crippen LogP contribution in [-0.4, -0.2) is 6.54 Å². The van der Waals surface area contributed by atoms with Gasteiger partial charge in [0.05, 0.1) is 3.79 Å². The predicted octanol–water partition coefficient (Wildman–Crippen LogP) is 5.30. The molecule has 0 radical (unpaired) electrons. The van der Waals surface area contributed by atoms with Crippen molar-refractivity contribution in [2.24, 2.45) is 11.8 Å². The molecule has 0 amide bonds. The lowest BCUT2D eigenvalue weighted by Crippen LogP contribution is -2.30. The second-order valence-corrected chi connectivity index (χ2v) is 8.07. The first-order valence-electron chi connectivity index (χ1n) is 7.11. The zero-order valence-corrected chi connectivity index (χ0v) is 14.0. The van der Waals surface area contributed by atoms with E-state index in [1.54, 1.807) is 0 Å². The van der Waals surface area contributed by atoms with E-state index in [0.717, 1.165) is 18.4 Å². The molecule has 0 bridgehead atoms. The molecule has 1 aliphatic carbocycles. The van der Waals surface area contributed by atoms with E-state index >= 15 is 0 Å². The molecule has 3 heteroatoms. The van der Waals surface area contributed by atoms with Gasteiger partial charge in [-0.2, -0.15) is 0 Å². The van der Waals surface area contributed by atoms with Gasteiger partial charge < -0.3 is 5.32 Å². The van der Waals surface area contributed by atoms with Crippen LogP contribution in [0.25, 0.3) is 0 Å². The number of aryl methyl sites for hydroxylation is 1. The summed E-state index contributed by atoms with van der Waals surface area (Å²) in [6.45, 7) is 7.88. The summed E-state index contributed by atoms with van der Waals surface area (Å²) in [7, 11) is 0. The standard InChI is InChI=1S/C15H24BrNS/c1-4-17-14(12-7-5-6-10(2)8-12)13-9-11(3)15(16)18-13/h9-10,12,14,17H,4-8H2,1-3H3. The van der Waals surface area contributed by atoms with Crippen LogP contribution < -0.4 is 5.32 Å². The third kappa shape index (κ3) is 3.37. The minimum atomic E-state index is 0.563. The largest absolute Gasteiger partial charge is 0.309 e. The Kier molecular flexibility index (Phi) is 5.28. The van der Waals surface area contributed by atoms with E-state index in [9.17, 15) is 0 Å². The molecule has 2 rings (SSSR count). The Bertz CT molecular complexity index is 368. The highest BCUT2D eigenvalue weighted by molar-refractivity contribution is 9.11.